The first-order valence-corrected chi connectivity index (χ1v) is 12.4. The molecule has 0 aliphatic carbocycles. The van der Waals surface area contributed by atoms with Crippen LogP contribution in [0.3, 0.4) is 0 Å². The molecule has 0 bridgehead atoms. The zero-order valence-corrected chi connectivity index (χ0v) is 19.7. The van der Waals surface area contributed by atoms with Gasteiger partial charge in [-0.15, -0.1) is 10.2 Å². The number of hydrogen-bond donors (Lipinski definition) is 0. The molecule has 0 N–H and O–H groups in total. The highest BCUT2D eigenvalue weighted by molar-refractivity contribution is 7.98. The lowest BCUT2D eigenvalue weighted by atomic mass is 10.1. The Balaban J connectivity index is 1.44. The van der Waals surface area contributed by atoms with Crippen molar-refractivity contribution in [1.29, 1.82) is 0 Å². The van der Waals surface area contributed by atoms with Crippen molar-refractivity contribution in [1.82, 2.24) is 19.3 Å². The fourth-order valence-electron chi connectivity index (χ4n) is 4.56. The molecule has 0 spiro atoms. The maximum atomic E-state index is 4.69. The zero-order chi connectivity index (χ0) is 22.9. The summed E-state index contributed by atoms with van der Waals surface area (Å²) in [5.41, 5.74) is 6.11. The number of thioether (sulfide) groups is 1. The van der Waals surface area contributed by atoms with E-state index in [0.717, 1.165) is 22.4 Å². The van der Waals surface area contributed by atoms with Crippen molar-refractivity contribution >= 4 is 33.6 Å². The molecule has 0 unspecified atom stereocenters. The monoisotopic (exact) mass is 460 g/mol. The normalized spacial score (nSPS) is 11.4. The molecule has 2 aromatic heterocycles. The highest BCUT2D eigenvalue weighted by atomic mass is 32.2. The van der Waals surface area contributed by atoms with Crippen molar-refractivity contribution in [2.24, 2.45) is 0 Å². The SMILES string of the molecule is Cc1ccccc1CSc1nnc(Cn2c3ccccc3c3ccccc32)n1-c1ccccc1. The Morgan fingerprint density at radius 3 is 2.00 bits per heavy atom. The molecular weight excluding hydrogens is 436 g/mol. The van der Waals surface area contributed by atoms with Crippen molar-refractivity contribution in [2.75, 3.05) is 0 Å². The summed E-state index contributed by atoms with van der Waals surface area (Å²) in [4.78, 5) is 0. The number of fused-ring (bicyclic) bond motifs is 3. The molecule has 0 fully saturated rings. The minimum absolute atomic E-state index is 0.640. The number of rotatable bonds is 6. The Bertz CT molecular complexity index is 1540. The van der Waals surface area contributed by atoms with Gasteiger partial charge in [-0.2, -0.15) is 0 Å². The molecule has 0 amide bonds. The van der Waals surface area contributed by atoms with E-state index in [1.807, 2.05) is 6.07 Å². The van der Waals surface area contributed by atoms with E-state index in [0.29, 0.717) is 6.54 Å². The van der Waals surface area contributed by atoms with Crippen LogP contribution in [0.1, 0.15) is 17.0 Å². The van der Waals surface area contributed by atoms with Gasteiger partial charge in [-0.25, -0.2) is 0 Å². The highest BCUT2D eigenvalue weighted by Crippen LogP contribution is 2.31. The van der Waals surface area contributed by atoms with Gasteiger partial charge in [0.2, 0.25) is 0 Å². The van der Waals surface area contributed by atoms with Gasteiger partial charge < -0.3 is 4.57 Å². The predicted molar refractivity (Wildman–Crippen MR) is 141 cm³/mol. The fraction of sp³-hybridized carbons (Fsp3) is 0.103. The summed E-state index contributed by atoms with van der Waals surface area (Å²) in [6, 6.07) is 36.1. The van der Waals surface area contributed by atoms with Crippen LogP contribution in [0.2, 0.25) is 0 Å². The Morgan fingerprint density at radius 2 is 1.29 bits per heavy atom. The Morgan fingerprint density at radius 1 is 0.676 bits per heavy atom. The number of nitrogens with zero attached hydrogens (tertiary/aromatic N) is 4. The van der Waals surface area contributed by atoms with Crippen molar-refractivity contribution in [2.45, 2.75) is 24.4 Å². The molecule has 0 radical (unpaired) electrons. The van der Waals surface area contributed by atoms with E-state index < -0.39 is 0 Å². The van der Waals surface area contributed by atoms with Crippen LogP contribution < -0.4 is 0 Å². The molecule has 2 heterocycles. The minimum atomic E-state index is 0.640. The van der Waals surface area contributed by atoms with Crippen LogP contribution in [0.5, 0.6) is 0 Å². The van der Waals surface area contributed by atoms with Crippen LogP contribution in [0.15, 0.2) is 108 Å². The molecule has 0 saturated heterocycles. The van der Waals surface area contributed by atoms with Crippen LogP contribution in [-0.2, 0) is 12.3 Å². The van der Waals surface area contributed by atoms with E-state index in [1.54, 1.807) is 11.8 Å². The van der Waals surface area contributed by atoms with Gasteiger partial charge in [-0.1, -0.05) is 90.6 Å². The number of para-hydroxylation sites is 3. The summed E-state index contributed by atoms with van der Waals surface area (Å²) in [6.45, 7) is 2.80. The standard InChI is InChI=1S/C29H24N4S/c1-21-11-5-6-12-22(21)20-34-29-31-30-28(33(29)23-13-3-2-4-14-23)19-32-26-17-9-7-15-24(26)25-16-8-10-18-27(25)32/h2-18H,19-20H2,1H3. The average molecular weight is 461 g/mol. The largest absolute Gasteiger partial charge is 0.333 e. The molecule has 166 valence electrons. The Labute approximate surface area is 202 Å². The van der Waals surface area contributed by atoms with Crippen LogP contribution >= 0.6 is 11.8 Å². The Hall–Kier alpha value is -3.83. The summed E-state index contributed by atoms with van der Waals surface area (Å²) < 4.78 is 4.55. The van der Waals surface area contributed by atoms with Crippen LogP contribution in [0.25, 0.3) is 27.5 Å². The summed E-state index contributed by atoms with van der Waals surface area (Å²) in [5.74, 6) is 1.78. The molecule has 4 aromatic carbocycles. The lowest BCUT2D eigenvalue weighted by Crippen LogP contribution is -2.08. The summed E-state index contributed by atoms with van der Waals surface area (Å²) in [7, 11) is 0. The maximum absolute atomic E-state index is 4.69. The van der Waals surface area contributed by atoms with E-state index in [9.17, 15) is 0 Å². The summed E-state index contributed by atoms with van der Waals surface area (Å²) >= 11 is 1.73. The lowest BCUT2D eigenvalue weighted by molar-refractivity contribution is 0.754. The molecule has 0 saturated carbocycles. The van der Waals surface area contributed by atoms with Gasteiger partial charge in [0.15, 0.2) is 11.0 Å². The van der Waals surface area contributed by atoms with Crippen LogP contribution in [-0.4, -0.2) is 19.3 Å². The van der Waals surface area contributed by atoms with Crippen molar-refractivity contribution in [3.05, 3.63) is 120 Å². The second-order valence-corrected chi connectivity index (χ2v) is 9.35. The second-order valence-electron chi connectivity index (χ2n) is 8.41. The third kappa shape index (κ3) is 3.68. The van der Waals surface area contributed by atoms with Gasteiger partial charge in [0.1, 0.15) is 0 Å². The first kappa shape index (κ1) is 20.8. The zero-order valence-electron chi connectivity index (χ0n) is 18.9. The lowest BCUT2D eigenvalue weighted by Gasteiger charge is -2.12. The quantitative estimate of drug-likeness (QED) is 0.250. The van der Waals surface area contributed by atoms with Gasteiger partial charge in [-0.3, -0.25) is 4.57 Å². The molecule has 0 atom stereocenters. The third-order valence-corrected chi connectivity index (χ3v) is 7.29. The average Bonchev–Trinajstić information content (AvgIpc) is 3.43. The van der Waals surface area contributed by atoms with Gasteiger partial charge in [0.05, 0.1) is 6.54 Å². The topological polar surface area (TPSA) is 35.6 Å². The van der Waals surface area contributed by atoms with Crippen LogP contribution in [0.4, 0.5) is 0 Å². The third-order valence-electron chi connectivity index (χ3n) is 6.31. The second kappa shape index (κ2) is 8.84. The van der Waals surface area contributed by atoms with Crippen molar-refractivity contribution in [3.8, 4) is 5.69 Å². The van der Waals surface area contributed by atoms with Crippen molar-refractivity contribution < 1.29 is 0 Å². The number of hydrogen-bond acceptors (Lipinski definition) is 3. The van der Waals surface area contributed by atoms with Gasteiger partial charge in [0, 0.05) is 33.2 Å². The molecule has 6 rings (SSSR count). The molecule has 34 heavy (non-hydrogen) atoms. The number of benzene rings is 4. The van der Waals surface area contributed by atoms with E-state index in [4.69, 9.17) is 0 Å². The van der Waals surface area contributed by atoms with E-state index in [-0.39, 0.29) is 0 Å². The van der Waals surface area contributed by atoms with Gasteiger partial charge >= 0.3 is 0 Å². The fourth-order valence-corrected chi connectivity index (χ4v) is 5.61. The van der Waals surface area contributed by atoms with Crippen LogP contribution in [0, 0.1) is 6.92 Å². The number of aromatic nitrogens is 4. The van der Waals surface area contributed by atoms with E-state index >= 15 is 0 Å². The molecule has 0 aliphatic heterocycles. The summed E-state index contributed by atoms with van der Waals surface area (Å²) in [6.07, 6.45) is 0. The highest BCUT2D eigenvalue weighted by Gasteiger charge is 2.18. The molecule has 4 nitrogen and oxygen atoms in total. The first-order chi connectivity index (χ1) is 16.8. The molecule has 0 aliphatic rings. The minimum Gasteiger partial charge on any atom is -0.333 e. The van der Waals surface area contributed by atoms with E-state index in [1.165, 1.54) is 32.9 Å². The maximum Gasteiger partial charge on any atom is 0.196 e. The predicted octanol–water partition coefficient (Wildman–Crippen LogP) is 7.02. The van der Waals surface area contributed by atoms with Crippen molar-refractivity contribution in [3.63, 3.8) is 0 Å². The van der Waals surface area contributed by atoms with E-state index in [2.05, 4.69) is 123 Å². The molecular formula is C29H24N4S. The number of aryl methyl sites for hydroxylation is 1. The summed E-state index contributed by atoms with van der Waals surface area (Å²) in [5, 5.41) is 12.8. The Kier molecular flexibility index (Phi) is 5.40. The molecule has 6 aromatic rings. The van der Waals surface area contributed by atoms with Gasteiger partial charge in [-0.05, 0) is 42.3 Å². The smallest absolute Gasteiger partial charge is 0.196 e. The van der Waals surface area contributed by atoms with Gasteiger partial charge in [0.25, 0.3) is 0 Å². The first-order valence-electron chi connectivity index (χ1n) is 11.4. The molecule has 5 heteroatoms.